The van der Waals surface area contributed by atoms with Crippen molar-refractivity contribution >= 4 is 77.7 Å². The van der Waals surface area contributed by atoms with Gasteiger partial charge >= 0.3 is 24.4 Å². The first-order chi connectivity index (χ1) is 56.2. The van der Waals surface area contributed by atoms with Crippen LogP contribution in [0.5, 0.6) is 34.5 Å². The van der Waals surface area contributed by atoms with E-state index in [4.69, 9.17) is 84.8 Å². The number of nitrogens with one attached hydrogen (secondary N) is 3. The van der Waals surface area contributed by atoms with Crippen LogP contribution in [0.1, 0.15) is 145 Å². The van der Waals surface area contributed by atoms with Gasteiger partial charge in [0.05, 0.1) is 90.2 Å². The number of rotatable bonds is 36. The standard InChI is InChI=1S/C32H46N4O8.C27H38N4O6.C25H40N2O7.CH2Cl2.ClH/c1-22(2)36(29(37)23-12-13-26(41-7)27(17-23)42-16-10-15-40-6)20-24-19-35(31(39)44-32(3,4)5)21-28(24)43-30(38)34-18-25-11-8-9-14-33-25;1-19(2)31(26(32)20-9-10-23(35-4)24(14-20)36-13-7-12-34-3)18-21-15-28-17-25(21)37-27(33)30-16-22-8-5-6-11-29-22;1-17(2)27(15-19-14-26(16-20(19)28)24(30)34-25(3,4)5)23(29)18-9-10-21(32-7)22(13-18)33-12-8-11-31-6;2-1-3;/h8-9,11-14,17,22,24,28H,10,15-16,18-21H2,1-7H3,(H,34,38);5-6,8-11,14,19,21,25,28H,7,12-13,15-18H2,1-4H3,(H,30,33);9-10,13,17,19-20,28H,8,11-12,14-16H2,1-7H3;1H2;1H/t24-,28+;21-,25+;19-,20+;;/m000../s1. The summed E-state index contributed by atoms with van der Waals surface area (Å²) in [4.78, 5) is 108. The number of alkyl carbamates (subject to hydrolysis) is 2. The molecule has 34 heteroatoms. The molecule has 3 aromatic carbocycles. The number of hydrogen-bond donors (Lipinski definition) is 4. The first-order valence-electron chi connectivity index (χ1n) is 39.7. The third-order valence-electron chi connectivity index (χ3n) is 18.6. The lowest BCUT2D eigenvalue weighted by molar-refractivity contribution is 0.0254. The topological polar surface area (TPSA) is 338 Å². The van der Waals surface area contributed by atoms with Crippen molar-refractivity contribution in [3.8, 4) is 34.5 Å². The SMILES string of the molecule is COCCCOc1cc(C(=O)N(C[C@@H]2CN(C(=O)OC(C)(C)C)C[C@H]2O)C(C)C)ccc1OC.COCCCOc1cc(C(=O)N(C[C@@H]2CN(C(=O)OC(C)(C)C)C[C@H]2OC(=O)NCc2ccccn2)C(C)C)ccc1OC.COCCCOc1cc(C(=O)N(C[C@@H]2CNC[C@H]2OC(=O)NCc2ccccn2)C(C)C)ccc1OC.Cl.ClCCl. The van der Waals surface area contributed by atoms with Gasteiger partial charge < -0.3 is 107 Å². The predicted octanol–water partition coefficient (Wildman–Crippen LogP) is 12.4. The van der Waals surface area contributed by atoms with Crippen molar-refractivity contribution in [2.24, 2.45) is 17.8 Å². The van der Waals surface area contributed by atoms with Crippen LogP contribution >= 0.6 is 35.6 Å². The smallest absolute Gasteiger partial charge is 0.410 e. The maximum atomic E-state index is 13.9. The molecule has 0 radical (unpaired) electrons. The largest absolute Gasteiger partial charge is 0.493 e. The fourth-order valence-corrected chi connectivity index (χ4v) is 12.6. The summed E-state index contributed by atoms with van der Waals surface area (Å²) in [6, 6.07) is 26.0. The third-order valence-corrected chi connectivity index (χ3v) is 18.6. The van der Waals surface area contributed by atoms with E-state index in [0.717, 1.165) is 12.1 Å². The average molecular weight is 1730 g/mol. The van der Waals surface area contributed by atoms with Crippen molar-refractivity contribution in [3.63, 3.8) is 0 Å². The molecule has 0 bridgehead atoms. The van der Waals surface area contributed by atoms with Gasteiger partial charge in [0.25, 0.3) is 17.7 Å². The Morgan fingerprint density at radius 3 is 1.18 bits per heavy atom. The highest BCUT2D eigenvalue weighted by Gasteiger charge is 2.43. The zero-order valence-electron chi connectivity index (χ0n) is 72.3. The van der Waals surface area contributed by atoms with Crippen molar-refractivity contribution in [3.05, 3.63) is 131 Å². The van der Waals surface area contributed by atoms with E-state index in [2.05, 4.69) is 25.9 Å². The second-order valence-electron chi connectivity index (χ2n) is 30.9. The number of halogens is 3. The van der Waals surface area contributed by atoms with Crippen LogP contribution in [-0.2, 0) is 46.2 Å². The number of benzene rings is 3. The molecule has 3 fully saturated rings. The number of aromatic nitrogens is 2. The molecule has 3 saturated heterocycles. The fourth-order valence-electron chi connectivity index (χ4n) is 12.6. The molecule has 2 aromatic heterocycles. The maximum Gasteiger partial charge on any atom is 0.410 e. The average Bonchev–Trinajstić information content (AvgIpc) is 1.80. The van der Waals surface area contributed by atoms with Crippen LogP contribution < -0.4 is 44.4 Å². The van der Waals surface area contributed by atoms with Gasteiger partial charge in [-0.1, -0.05) is 12.1 Å². The van der Waals surface area contributed by atoms with Crippen LogP contribution in [0.25, 0.3) is 0 Å². The highest BCUT2D eigenvalue weighted by molar-refractivity contribution is 6.40. The quantitative estimate of drug-likeness (QED) is 0.0164. The van der Waals surface area contributed by atoms with Gasteiger partial charge in [-0.15, -0.1) is 35.6 Å². The Hall–Kier alpha value is -9.08. The fraction of sp³-hybridized carbons (Fsp3) is 0.588. The van der Waals surface area contributed by atoms with Gasteiger partial charge in [0.15, 0.2) is 34.5 Å². The van der Waals surface area contributed by atoms with Crippen LogP contribution in [0.3, 0.4) is 0 Å². The number of likely N-dealkylation sites (tertiary alicyclic amines) is 2. The molecule has 4 N–H and O–H groups in total. The Morgan fingerprint density at radius 2 is 0.832 bits per heavy atom. The molecular formula is C85H127Cl3N10O21. The van der Waals surface area contributed by atoms with E-state index in [1.165, 1.54) is 9.80 Å². The second-order valence-corrected chi connectivity index (χ2v) is 31.8. The maximum absolute atomic E-state index is 13.9. The molecular weight excluding hydrogens is 1600 g/mol. The van der Waals surface area contributed by atoms with Crippen molar-refractivity contribution in [2.75, 3.05) is 147 Å². The summed E-state index contributed by atoms with van der Waals surface area (Å²) in [5.41, 5.74) is 1.52. The molecule has 8 rings (SSSR count). The van der Waals surface area contributed by atoms with Gasteiger partial charge in [-0.3, -0.25) is 24.4 Å². The molecule has 3 aliphatic rings. The highest BCUT2D eigenvalue weighted by atomic mass is 35.5. The van der Waals surface area contributed by atoms with Crippen LogP contribution in [0, 0.1) is 17.8 Å². The van der Waals surface area contributed by atoms with Crippen LogP contribution in [0.15, 0.2) is 103 Å². The summed E-state index contributed by atoms with van der Waals surface area (Å²) < 4.78 is 71.5. The number of amides is 7. The van der Waals surface area contributed by atoms with Crippen molar-refractivity contribution in [1.29, 1.82) is 0 Å². The molecule has 119 heavy (non-hydrogen) atoms. The van der Waals surface area contributed by atoms with Gasteiger partial charge in [-0.25, -0.2) is 19.2 Å². The summed E-state index contributed by atoms with van der Waals surface area (Å²) in [5, 5.41) is 19.6. The van der Waals surface area contributed by atoms with Gasteiger partial charge in [-0.05, 0) is 162 Å². The molecule has 0 saturated carbocycles. The molecule has 3 aliphatic heterocycles. The first kappa shape index (κ1) is 102. The van der Waals surface area contributed by atoms with Crippen LogP contribution in [0.2, 0.25) is 0 Å². The summed E-state index contributed by atoms with van der Waals surface area (Å²) in [6.07, 6.45) is 1.58. The third kappa shape index (κ3) is 35.3. The van der Waals surface area contributed by atoms with Gasteiger partial charge in [0.1, 0.15) is 23.4 Å². The van der Waals surface area contributed by atoms with E-state index in [-0.39, 0.29) is 117 Å². The Labute approximate surface area is 718 Å². The monoisotopic (exact) mass is 1730 g/mol. The van der Waals surface area contributed by atoms with Crippen LogP contribution in [0.4, 0.5) is 19.2 Å². The lowest BCUT2D eigenvalue weighted by atomic mass is 10.0. The molecule has 0 spiro atoms. The van der Waals surface area contributed by atoms with Crippen molar-refractivity contribution in [2.45, 2.75) is 163 Å². The number of aliphatic hydroxyl groups is 1. The predicted molar refractivity (Wildman–Crippen MR) is 455 cm³/mol. The number of alkyl halides is 2. The zero-order valence-corrected chi connectivity index (χ0v) is 74.6. The number of nitrogens with zero attached hydrogens (tertiary/aromatic N) is 7. The van der Waals surface area contributed by atoms with Crippen molar-refractivity contribution in [1.82, 2.24) is 50.4 Å². The number of ether oxygens (including phenoxy) is 13. The molecule has 5 aromatic rings. The van der Waals surface area contributed by atoms with Gasteiger partial charge in [-0.2, -0.15) is 0 Å². The summed E-state index contributed by atoms with van der Waals surface area (Å²) in [7, 11) is 9.57. The summed E-state index contributed by atoms with van der Waals surface area (Å²) in [5.74, 6) is 1.89. The van der Waals surface area contributed by atoms with E-state index < -0.39 is 47.8 Å². The number of carbonyl (C=O) groups is 7. The molecule has 0 unspecified atom stereocenters. The molecule has 7 amide bonds. The number of aliphatic hydroxyl groups excluding tert-OH is 1. The molecule has 664 valence electrons. The van der Waals surface area contributed by atoms with E-state index in [9.17, 15) is 38.7 Å². The molecule has 31 nitrogen and oxygen atoms in total. The summed E-state index contributed by atoms with van der Waals surface area (Å²) >= 11 is 9.53. The lowest BCUT2D eigenvalue weighted by Crippen LogP contribution is -2.44. The number of β-amino-alcohol motifs (C(OH)–C–C–N with tert-alkyl or cyclic N) is 1. The van der Waals surface area contributed by atoms with E-state index >= 15 is 0 Å². The molecule has 6 atom stereocenters. The molecule has 0 aliphatic carbocycles. The number of methoxy groups -OCH3 is 6. The number of hydrogen-bond acceptors (Lipinski definition) is 24. The normalized spacial score (nSPS) is 16.7. The van der Waals surface area contributed by atoms with Gasteiger partial charge in [0.2, 0.25) is 0 Å². The Kier molecular flexibility index (Phi) is 45.4. The Balaban J connectivity index is 0.000000370. The Morgan fingerprint density at radius 1 is 0.479 bits per heavy atom. The minimum atomic E-state index is -0.739. The van der Waals surface area contributed by atoms with E-state index in [1.807, 2.05) is 65.8 Å². The minimum absolute atomic E-state index is 0. The number of pyridine rings is 2. The zero-order chi connectivity index (χ0) is 87.1. The second kappa shape index (κ2) is 52.9. The summed E-state index contributed by atoms with van der Waals surface area (Å²) in [6.45, 7) is 29.0. The lowest BCUT2D eigenvalue weighted by Gasteiger charge is -2.31. The van der Waals surface area contributed by atoms with E-state index in [0.29, 0.717) is 142 Å². The van der Waals surface area contributed by atoms with Gasteiger partial charge in [0, 0.05) is 171 Å². The number of carbonyl (C=O) groups excluding carboxylic acids is 7. The molecule has 5 heterocycles. The first-order valence-corrected chi connectivity index (χ1v) is 40.8. The van der Waals surface area contributed by atoms with E-state index in [1.54, 1.807) is 178 Å². The van der Waals surface area contributed by atoms with Crippen LogP contribution in [-0.4, -0.2) is 276 Å². The van der Waals surface area contributed by atoms with Crippen molar-refractivity contribution < 1.29 is 100 Å². The minimum Gasteiger partial charge on any atom is -0.493 e. The Bertz CT molecular complexity index is 3870. The highest BCUT2D eigenvalue weighted by Crippen LogP contribution is 2.34.